The Labute approximate surface area is 216 Å². The number of halogens is 2. The third-order valence-corrected chi connectivity index (χ3v) is 6.03. The molecule has 0 bridgehead atoms. The van der Waals surface area contributed by atoms with Crippen molar-refractivity contribution < 1.29 is 32.7 Å². The quantitative estimate of drug-likeness (QED) is 0.429. The van der Waals surface area contributed by atoms with Crippen molar-refractivity contribution in [1.29, 1.82) is 0 Å². The predicted molar refractivity (Wildman–Crippen MR) is 133 cm³/mol. The van der Waals surface area contributed by atoms with Gasteiger partial charge in [-0.15, -0.1) is 0 Å². The Hall–Kier alpha value is -3.96. The summed E-state index contributed by atoms with van der Waals surface area (Å²) >= 11 is 5.89. The van der Waals surface area contributed by atoms with Gasteiger partial charge in [0.1, 0.15) is 11.9 Å². The maximum absolute atomic E-state index is 15.0. The number of aromatic nitrogens is 1. The lowest BCUT2D eigenvalue weighted by molar-refractivity contribution is -0.119. The molecule has 0 spiro atoms. The monoisotopic (exact) mass is 530 g/mol. The molecular formula is C25H24ClFN4O6. The van der Waals surface area contributed by atoms with E-state index in [-0.39, 0.29) is 48.4 Å². The summed E-state index contributed by atoms with van der Waals surface area (Å²) in [4.78, 5) is 43.3. The second-order valence-electron chi connectivity index (χ2n) is 8.13. The number of rotatable bonds is 7. The van der Waals surface area contributed by atoms with Gasteiger partial charge >= 0.3 is 12.0 Å². The maximum Gasteiger partial charge on any atom is 0.360 e. The highest BCUT2D eigenvalue weighted by Crippen LogP contribution is 2.29. The van der Waals surface area contributed by atoms with Gasteiger partial charge in [0.15, 0.2) is 17.8 Å². The zero-order valence-electron chi connectivity index (χ0n) is 20.0. The molecule has 1 aliphatic rings. The highest BCUT2D eigenvalue weighted by Gasteiger charge is 2.40. The standard InChI is InChI=1S/C25H24ClFN4O6/c1-3-36-24(33)21-22(37-13-28-21)14-4-9-19(18(27)10-14)30-23(32)20-11-17(35-2)12-31(20)25(34)29-16-7-5-15(26)6-8-16/h4-10,13,17,20H,3,11-12H2,1-2H3,(H,29,34)(H,30,32). The van der Waals surface area contributed by atoms with Crippen LogP contribution < -0.4 is 10.6 Å². The average Bonchev–Trinajstić information content (AvgIpc) is 3.54. The van der Waals surface area contributed by atoms with Crippen LogP contribution in [0.5, 0.6) is 0 Å². The van der Waals surface area contributed by atoms with E-state index >= 15 is 0 Å². The summed E-state index contributed by atoms with van der Waals surface area (Å²) in [5.74, 6) is -2.01. The minimum atomic E-state index is -0.902. The molecule has 37 heavy (non-hydrogen) atoms. The van der Waals surface area contributed by atoms with E-state index in [0.29, 0.717) is 10.7 Å². The van der Waals surface area contributed by atoms with E-state index in [4.69, 9.17) is 25.5 Å². The molecule has 0 radical (unpaired) electrons. The number of nitrogens with one attached hydrogen (secondary N) is 2. The number of oxazole rings is 1. The maximum atomic E-state index is 15.0. The summed E-state index contributed by atoms with van der Waals surface area (Å²) in [7, 11) is 1.49. The van der Waals surface area contributed by atoms with Gasteiger partial charge < -0.3 is 29.4 Å². The molecule has 10 nitrogen and oxygen atoms in total. The number of hydrogen-bond donors (Lipinski definition) is 2. The Morgan fingerprint density at radius 3 is 2.62 bits per heavy atom. The number of anilines is 2. The summed E-state index contributed by atoms with van der Waals surface area (Å²) in [6, 6.07) is 9.04. The molecule has 1 fully saturated rings. The second-order valence-corrected chi connectivity index (χ2v) is 8.57. The summed E-state index contributed by atoms with van der Waals surface area (Å²) in [6.45, 7) is 1.97. The largest absolute Gasteiger partial charge is 0.461 e. The van der Waals surface area contributed by atoms with Gasteiger partial charge in [-0.05, 0) is 49.4 Å². The highest BCUT2D eigenvalue weighted by atomic mass is 35.5. The molecule has 1 saturated heterocycles. The van der Waals surface area contributed by atoms with Crippen molar-refractivity contribution in [2.45, 2.75) is 25.5 Å². The zero-order valence-corrected chi connectivity index (χ0v) is 20.8. The molecule has 2 heterocycles. The molecule has 4 rings (SSSR count). The number of carbonyl (C=O) groups is 3. The van der Waals surface area contributed by atoms with Crippen LogP contribution in [0.15, 0.2) is 53.3 Å². The molecule has 2 atom stereocenters. The number of benzene rings is 2. The number of hydrogen-bond acceptors (Lipinski definition) is 7. The summed E-state index contributed by atoms with van der Waals surface area (Å²) < 4.78 is 30.5. The molecule has 3 aromatic rings. The van der Waals surface area contributed by atoms with Crippen molar-refractivity contribution in [1.82, 2.24) is 9.88 Å². The van der Waals surface area contributed by atoms with Crippen LogP contribution >= 0.6 is 11.6 Å². The lowest BCUT2D eigenvalue weighted by Crippen LogP contribution is -2.45. The molecule has 2 unspecified atom stereocenters. The minimum absolute atomic E-state index is 0.0407. The van der Waals surface area contributed by atoms with Crippen LogP contribution in [-0.2, 0) is 14.3 Å². The molecule has 0 saturated carbocycles. The smallest absolute Gasteiger partial charge is 0.360 e. The number of urea groups is 1. The third kappa shape index (κ3) is 5.89. The van der Waals surface area contributed by atoms with Crippen LogP contribution in [0.25, 0.3) is 11.3 Å². The first-order chi connectivity index (χ1) is 17.8. The Kier molecular flexibility index (Phi) is 8.04. The van der Waals surface area contributed by atoms with Gasteiger partial charge in [-0.1, -0.05) is 11.6 Å². The summed E-state index contributed by atoms with van der Waals surface area (Å²) in [5, 5.41) is 5.78. The van der Waals surface area contributed by atoms with Gasteiger partial charge in [-0.3, -0.25) is 4.79 Å². The number of esters is 1. The van der Waals surface area contributed by atoms with E-state index < -0.39 is 29.8 Å². The van der Waals surface area contributed by atoms with Crippen molar-refractivity contribution in [3.8, 4) is 11.3 Å². The molecule has 2 N–H and O–H groups in total. The van der Waals surface area contributed by atoms with Gasteiger partial charge in [0, 0.05) is 36.3 Å². The van der Waals surface area contributed by atoms with Gasteiger partial charge in [0.25, 0.3) is 0 Å². The Bertz CT molecular complexity index is 1300. The first-order valence-corrected chi connectivity index (χ1v) is 11.8. The molecular weight excluding hydrogens is 507 g/mol. The molecule has 2 aromatic carbocycles. The number of methoxy groups -OCH3 is 1. The van der Waals surface area contributed by atoms with Crippen molar-refractivity contribution in [2.75, 3.05) is 30.9 Å². The van der Waals surface area contributed by atoms with E-state index in [9.17, 15) is 18.8 Å². The lowest BCUT2D eigenvalue weighted by Gasteiger charge is -2.24. The number of likely N-dealkylation sites (tertiary alicyclic amines) is 1. The van der Waals surface area contributed by atoms with E-state index in [2.05, 4.69) is 15.6 Å². The zero-order chi connectivity index (χ0) is 26.5. The van der Waals surface area contributed by atoms with Crippen LogP contribution in [-0.4, -0.2) is 60.2 Å². The third-order valence-electron chi connectivity index (χ3n) is 5.78. The first kappa shape index (κ1) is 26.1. The van der Waals surface area contributed by atoms with E-state index in [1.165, 1.54) is 24.1 Å². The van der Waals surface area contributed by atoms with Gasteiger partial charge in [-0.2, -0.15) is 0 Å². The van der Waals surface area contributed by atoms with Gasteiger partial charge in [-0.25, -0.2) is 19.0 Å². The molecule has 12 heteroatoms. The van der Waals surface area contributed by atoms with Gasteiger partial charge in [0.05, 0.1) is 18.4 Å². The summed E-state index contributed by atoms with van der Waals surface area (Å²) in [6.07, 6.45) is 0.925. The Balaban J connectivity index is 1.49. The SMILES string of the molecule is CCOC(=O)c1ncoc1-c1ccc(NC(=O)C2CC(OC)CN2C(=O)Nc2ccc(Cl)cc2)c(F)c1. The molecule has 3 amide bonds. The molecule has 1 aromatic heterocycles. The van der Waals surface area contributed by atoms with Crippen LogP contribution in [0.3, 0.4) is 0 Å². The Morgan fingerprint density at radius 2 is 1.95 bits per heavy atom. The second kappa shape index (κ2) is 11.4. The van der Waals surface area contributed by atoms with Crippen LogP contribution in [0.1, 0.15) is 23.8 Å². The number of amides is 3. The van der Waals surface area contributed by atoms with E-state index in [0.717, 1.165) is 12.5 Å². The predicted octanol–water partition coefficient (Wildman–Crippen LogP) is 4.57. The fourth-order valence-electron chi connectivity index (χ4n) is 3.94. The average molecular weight is 531 g/mol. The fraction of sp³-hybridized carbons (Fsp3) is 0.280. The fourth-order valence-corrected chi connectivity index (χ4v) is 4.07. The normalized spacial score (nSPS) is 16.9. The van der Waals surface area contributed by atoms with Crippen molar-refractivity contribution in [2.24, 2.45) is 0 Å². The van der Waals surface area contributed by atoms with E-state index in [1.54, 1.807) is 31.2 Å². The minimum Gasteiger partial charge on any atom is -0.461 e. The number of carbonyl (C=O) groups excluding carboxylic acids is 3. The van der Waals surface area contributed by atoms with Crippen molar-refractivity contribution >= 4 is 40.9 Å². The lowest BCUT2D eigenvalue weighted by atomic mass is 10.1. The number of nitrogens with zero attached hydrogens (tertiary/aromatic N) is 2. The summed E-state index contributed by atoms with van der Waals surface area (Å²) in [5.41, 5.74) is 0.549. The first-order valence-electron chi connectivity index (χ1n) is 11.4. The van der Waals surface area contributed by atoms with Crippen LogP contribution in [0.2, 0.25) is 5.02 Å². The number of ether oxygens (including phenoxy) is 2. The van der Waals surface area contributed by atoms with Crippen LogP contribution in [0, 0.1) is 5.82 Å². The molecule has 1 aliphatic heterocycles. The molecule has 194 valence electrons. The van der Waals surface area contributed by atoms with Crippen molar-refractivity contribution in [3.63, 3.8) is 0 Å². The van der Waals surface area contributed by atoms with Crippen molar-refractivity contribution in [3.05, 3.63) is 65.4 Å². The Morgan fingerprint density at radius 1 is 1.19 bits per heavy atom. The van der Waals surface area contributed by atoms with Crippen LogP contribution in [0.4, 0.5) is 20.6 Å². The van der Waals surface area contributed by atoms with E-state index in [1.807, 2.05) is 0 Å². The van der Waals surface area contributed by atoms with Gasteiger partial charge in [0.2, 0.25) is 5.91 Å². The topological polar surface area (TPSA) is 123 Å². The molecule has 0 aliphatic carbocycles. The highest BCUT2D eigenvalue weighted by molar-refractivity contribution is 6.30.